The second kappa shape index (κ2) is 11.9. The lowest BCUT2D eigenvalue weighted by molar-refractivity contribution is 0.221. The van der Waals surface area contributed by atoms with Crippen LogP contribution in [0.1, 0.15) is 36.8 Å². The zero-order valence-corrected chi connectivity index (χ0v) is 17.4. The van der Waals surface area contributed by atoms with Gasteiger partial charge in [0.1, 0.15) is 0 Å². The highest BCUT2D eigenvalue weighted by molar-refractivity contribution is 5.74. The molecular weight excluding hydrogens is 376 g/mol. The second-order valence-electron chi connectivity index (χ2n) is 8.00. The molecule has 2 aromatic rings. The van der Waals surface area contributed by atoms with Gasteiger partial charge in [0.25, 0.3) is 0 Å². The van der Waals surface area contributed by atoms with Gasteiger partial charge < -0.3 is 21.3 Å². The summed E-state index contributed by atoms with van der Waals surface area (Å²) in [6, 6.07) is 19.5. The Labute approximate surface area is 178 Å². The highest BCUT2D eigenvalue weighted by Gasteiger charge is 2.22. The molecule has 0 saturated heterocycles. The van der Waals surface area contributed by atoms with Gasteiger partial charge in [-0.25, -0.2) is 9.59 Å². The van der Waals surface area contributed by atoms with E-state index < -0.39 is 0 Å². The third kappa shape index (κ3) is 7.78. The maximum Gasteiger partial charge on any atom is 0.315 e. The fourth-order valence-corrected chi connectivity index (χ4v) is 3.93. The Balaban J connectivity index is 1.29. The highest BCUT2D eigenvalue weighted by atomic mass is 16.2. The van der Waals surface area contributed by atoms with Gasteiger partial charge in [-0.2, -0.15) is 0 Å². The number of hydrogen-bond donors (Lipinski definition) is 4. The molecule has 0 unspecified atom stereocenters. The molecule has 0 bridgehead atoms. The molecule has 0 aromatic heterocycles. The third-order valence-corrected chi connectivity index (χ3v) is 5.59. The van der Waals surface area contributed by atoms with Crippen molar-refractivity contribution in [2.45, 2.75) is 38.8 Å². The molecule has 160 valence electrons. The van der Waals surface area contributed by atoms with E-state index in [0.29, 0.717) is 38.0 Å². The van der Waals surface area contributed by atoms with Crippen LogP contribution in [0.2, 0.25) is 0 Å². The number of amides is 4. The van der Waals surface area contributed by atoms with Crippen molar-refractivity contribution in [1.29, 1.82) is 0 Å². The van der Waals surface area contributed by atoms with Crippen molar-refractivity contribution in [1.82, 2.24) is 21.3 Å². The van der Waals surface area contributed by atoms with Crippen LogP contribution in [0.15, 0.2) is 60.7 Å². The minimum Gasteiger partial charge on any atom is -0.338 e. The summed E-state index contributed by atoms with van der Waals surface area (Å²) in [5, 5.41) is 11.8. The van der Waals surface area contributed by atoms with Crippen molar-refractivity contribution in [3.05, 3.63) is 71.8 Å². The molecule has 0 heterocycles. The van der Waals surface area contributed by atoms with E-state index in [1.807, 2.05) is 60.7 Å². The van der Waals surface area contributed by atoms with Crippen molar-refractivity contribution in [2.24, 2.45) is 11.8 Å². The van der Waals surface area contributed by atoms with Crippen LogP contribution < -0.4 is 21.3 Å². The van der Waals surface area contributed by atoms with Gasteiger partial charge in [0, 0.05) is 26.2 Å². The quantitative estimate of drug-likeness (QED) is 0.536. The van der Waals surface area contributed by atoms with Gasteiger partial charge in [-0.3, -0.25) is 0 Å². The Bertz CT molecular complexity index is 717. The number of carbonyl (C=O) groups excluding carboxylic acids is 2. The van der Waals surface area contributed by atoms with Crippen molar-refractivity contribution in [3.63, 3.8) is 0 Å². The van der Waals surface area contributed by atoms with Gasteiger partial charge in [-0.1, -0.05) is 67.1 Å². The number of nitrogens with one attached hydrogen (secondary N) is 4. The standard InChI is InChI=1S/C24H32N4O2/c29-23(25-15-19-8-3-1-4-9-19)27-17-21-12-7-13-22(14-21)18-28-24(30)26-16-20-10-5-2-6-11-20/h1-6,8-11,21-22H,7,12-18H2,(H2,25,27,29)(H2,26,28,30)/t21-,22+. The minimum atomic E-state index is -0.126. The SMILES string of the molecule is O=C(NCc1ccccc1)NC[C@H]1CCC[C@@H](CNC(=O)NCc2ccccc2)C1. The summed E-state index contributed by atoms with van der Waals surface area (Å²) in [5.41, 5.74) is 2.17. The molecule has 2 aromatic carbocycles. The predicted molar refractivity (Wildman–Crippen MR) is 119 cm³/mol. The molecule has 1 saturated carbocycles. The van der Waals surface area contributed by atoms with E-state index in [1.165, 1.54) is 0 Å². The number of urea groups is 2. The van der Waals surface area contributed by atoms with Crippen molar-refractivity contribution in [2.75, 3.05) is 13.1 Å². The van der Waals surface area contributed by atoms with E-state index in [2.05, 4.69) is 21.3 Å². The normalized spacial score (nSPS) is 18.3. The zero-order chi connectivity index (χ0) is 21.0. The summed E-state index contributed by atoms with van der Waals surface area (Å²) < 4.78 is 0. The molecule has 0 radical (unpaired) electrons. The van der Waals surface area contributed by atoms with Gasteiger partial charge in [0.2, 0.25) is 0 Å². The molecule has 1 fully saturated rings. The van der Waals surface area contributed by atoms with Crippen LogP contribution in [0.4, 0.5) is 9.59 Å². The first-order chi connectivity index (χ1) is 14.7. The lowest BCUT2D eigenvalue weighted by atomic mass is 9.81. The lowest BCUT2D eigenvalue weighted by Gasteiger charge is -2.29. The summed E-state index contributed by atoms with van der Waals surface area (Å²) in [6.07, 6.45) is 4.40. The van der Waals surface area contributed by atoms with E-state index in [0.717, 1.165) is 36.8 Å². The lowest BCUT2D eigenvalue weighted by Crippen LogP contribution is -2.41. The minimum absolute atomic E-state index is 0.126. The molecule has 30 heavy (non-hydrogen) atoms. The number of carbonyl (C=O) groups is 2. The van der Waals surface area contributed by atoms with Gasteiger partial charge in [0.05, 0.1) is 0 Å². The molecule has 1 aliphatic rings. The van der Waals surface area contributed by atoms with Crippen molar-refractivity contribution >= 4 is 12.1 Å². The average molecular weight is 409 g/mol. The molecule has 0 spiro atoms. The Morgan fingerprint density at radius 1 is 0.667 bits per heavy atom. The molecular formula is C24H32N4O2. The van der Waals surface area contributed by atoms with E-state index in [1.54, 1.807) is 0 Å². The molecule has 6 nitrogen and oxygen atoms in total. The van der Waals surface area contributed by atoms with E-state index in [4.69, 9.17) is 0 Å². The van der Waals surface area contributed by atoms with Gasteiger partial charge in [-0.05, 0) is 42.2 Å². The summed E-state index contributed by atoms with van der Waals surface area (Å²) in [5.74, 6) is 0.917. The maximum absolute atomic E-state index is 12.1. The Kier molecular flexibility index (Phi) is 8.57. The first kappa shape index (κ1) is 21.7. The van der Waals surface area contributed by atoms with Crippen LogP contribution in [0.5, 0.6) is 0 Å². The van der Waals surface area contributed by atoms with E-state index in [9.17, 15) is 9.59 Å². The predicted octanol–water partition coefficient (Wildman–Crippen LogP) is 3.79. The van der Waals surface area contributed by atoms with Crippen LogP contribution in [0.3, 0.4) is 0 Å². The zero-order valence-electron chi connectivity index (χ0n) is 17.4. The second-order valence-corrected chi connectivity index (χ2v) is 8.00. The van der Waals surface area contributed by atoms with Gasteiger partial charge in [0.15, 0.2) is 0 Å². The smallest absolute Gasteiger partial charge is 0.315 e. The van der Waals surface area contributed by atoms with Crippen LogP contribution >= 0.6 is 0 Å². The third-order valence-electron chi connectivity index (χ3n) is 5.59. The monoisotopic (exact) mass is 408 g/mol. The van der Waals surface area contributed by atoms with E-state index in [-0.39, 0.29) is 12.1 Å². The fraction of sp³-hybridized carbons (Fsp3) is 0.417. The summed E-state index contributed by atoms with van der Waals surface area (Å²) in [6.45, 7) is 2.42. The summed E-state index contributed by atoms with van der Waals surface area (Å²) in [7, 11) is 0. The highest BCUT2D eigenvalue weighted by Crippen LogP contribution is 2.28. The molecule has 3 rings (SSSR count). The molecule has 1 aliphatic carbocycles. The molecule has 4 N–H and O–H groups in total. The number of rotatable bonds is 8. The molecule has 4 amide bonds. The van der Waals surface area contributed by atoms with Crippen LogP contribution in [0.25, 0.3) is 0 Å². The van der Waals surface area contributed by atoms with Crippen LogP contribution in [-0.2, 0) is 13.1 Å². The molecule has 6 heteroatoms. The Morgan fingerprint density at radius 3 is 1.53 bits per heavy atom. The molecule has 2 atom stereocenters. The van der Waals surface area contributed by atoms with Crippen molar-refractivity contribution in [3.8, 4) is 0 Å². The first-order valence-corrected chi connectivity index (χ1v) is 10.8. The topological polar surface area (TPSA) is 82.3 Å². The van der Waals surface area contributed by atoms with Crippen LogP contribution in [-0.4, -0.2) is 25.2 Å². The van der Waals surface area contributed by atoms with Crippen molar-refractivity contribution < 1.29 is 9.59 Å². The number of hydrogen-bond acceptors (Lipinski definition) is 2. The Hall–Kier alpha value is -3.02. The van der Waals surface area contributed by atoms with E-state index >= 15 is 0 Å². The summed E-state index contributed by atoms with van der Waals surface area (Å²) >= 11 is 0. The molecule has 0 aliphatic heterocycles. The van der Waals surface area contributed by atoms with Gasteiger partial charge in [-0.15, -0.1) is 0 Å². The average Bonchev–Trinajstić information content (AvgIpc) is 2.80. The first-order valence-electron chi connectivity index (χ1n) is 10.8. The Morgan fingerprint density at radius 2 is 1.10 bits per heavy atom. The number of benzene rings is 2. The summed E-state index contributed by atoms with van der Waals surface area (Å²) in [4.78, 5) is 24.1. The largest absolute Gasteiger partial charge is 0.338 e. The maximum atomic E-state index is 12.1. The fourth-order valence-electron chi connectivity index (χ4n) is 3.93. The van der Waals surface area contributed by atoms with Gasteiger partial charge >= 0.3 is 12.1 Å². The van der Waals surface area contributed by atoms with Crippen LogP contribution in [0, 0.1) is 11.8 Å².